The Morgan fingerprint density at radius 2 is 1.67 bits per heavy atom. The monoisotopic (exact) mass is 387 g/mol. The van der Waals surface area contributed by atoms with Gasteiger partial charge < -0.3 is 19.1 Å². The molecule has 0 bridgehead atoms. The fourth-order valence-electron chi connectivity index (χ4n) is 3.39. The molecule has 2 aliphatic heterocycles. The van der Waals surface area contributed by atoms with Gasteiger partial charge in [0.15, 0.2) is 0 Å². The predicted molar refractivity (Wildman–Crippen MR) is 108 cm³/mol. The standard InChI is InChI=1S/C22H26ClNO3/c23-19-3-1-17(2-4-19)13-25-14-18-9-11-24(12-10-18)20-5-7-21(8-6-20)26-15-22-16-27-22/h1-8,18,22H,9-16H2/t22-/m0/s1. The van der Waals surface area contributed by atoms with Gasteiger partial charge in [-0.05, 0) is 60.7 Å². The zero-order valence-corrected chi connectivity index (χ0v) is 16.2. The van der Waals surface area contributed by atoms with Gasteiger partial charge in [0.1, 0.15) is 18.5 Å². The summed E-state index contributed by atoms with van der Waals surface area (Å²) in [5, 5.41) is 0.766. The lowest BCUT2D eigenvalue weighted by atomic mass is 9.97. The SMILES string of the molecule is Clc1ccc(COCC2CCN(c3ccc(OC[C@H]4CO4)cc3)CC2)cc1. The maximum atomic E-state index is 5.92. The average molecular weight is 388 g/mol. The Labute approximate surface area is 166 Å². The smallest absolute Gasteiger partial charge is 0.119 e. The number of nitrogens with zero attached hydrogens (tertiary/aromatic N) is 1. The zero-order chi connectivity index (χ0) is 18.5. The third-order valence-corrected chi connectivity index (χ3v) is 5.44. The second-order valence-corrected chi connectivity index (χ2v) is 7.77. The van der Waals surface area contributed by atoms with E-state index in [-0.39, 0.29) is 0 Å². The summed E-state index contributed by atoms with van der Waals surface area (Å²) < 4.78 is 16.8. The topological polar surface area (TPSA) is 34.2 Å². The number of anilines is 1. The highest BCUT2D eigenvalue weighted by atomic mass is 35.5. The Bertz CT molecular complexity index is 707. The minimum absolute atomic E-state index is 0.297. The molecule has 0 spiro atoms. The molecule has 2 aromatic carbocycles. The first-order valence-corrected chi connectivity index (χ1v) is 10.1. The van der Waals surface area contributed by atoms with Crippen molar-refractivity contribution in [1.29, 1.82) is 0 Å². The molecule has 5 heteroatoms. The van der Waals surface area contributed by atoms with Gasteiger partial charge in [-0.15, -0.1) is 0 Å². The molecule has 2 fully saturated rings. The molecule has 2 saturated heterocycles. The van der Waals surface area contributed by atoms with E-state index in [0.29, 0.717) is 25.2 Å². The molecular weight excluding hydrogens is 362 g/mol. The van der Waals surface area contributed by atoms with Gasteiger partial charge in [0.05, 0.1) is 13.2 Å². The van der Waals surface area contributed by atoms with Crippen LogP contribution in [-0.2, 0) is 16.1 Å². The van der Waals surface area contributed by atoms with E-state index in [0.717, 1.165) is 49.9 Å². The van der Waals surface area contributed by atoms with Crippen LogP contribution in [0.1, 0.15) is 18.4 Å². The van der Waals surface area contributed by atoms with Crippen LogP contribution < -0.4 is 9.64 Å². The lowest BCUT2D eigenvalue weighted by Crippen LogP contribution is -2.35. The van der Waals surface area contributed by atoms with E-state index in [1.165, 1.54) is 11.3 Å². The van der Waals surface area contributed by atoms with Crippen LogP contribution in [-0.4, -0.2) is 39.0 Å². The van der Waals surface area contributed by atoms with Crippen molar-refractivity contribution in [2.75, 3.05) is 37.8 Å². The average Bonchev–Trinajstić information content (AvgIpc) is 3.54. The van der Waals surface area contributed by atoms with Gasteiger partial charge in [-0.3, -0.25) is 0 Å². The fourth-order valence-corrected chi connectivity index (χ4v) is 3.51. The first-order valence-electron chi connectivity index (χ1n) is 9.68. The van der Waals surface area contributed by atoms with Gasteiger partial charge in [-0.2, -0.15) is 0 Å². The Morgan fingerprint density at radius 3 is 2.33 bits per heavy atom. The van der Waals surface area contributed by atoms with E-state index in [9.17, 15) is 0 Å². The molecule has 2 heterocycles. The van der Waals surface area contributed by atoms with Gasteiger partial charge in [0.2, 0.25) is 0 Å². The van der Waals surface area contributed by atoms with E-state index < -0.39 is 0 Å². The molecule has 2 aromatic rings. The van der Waals surface area contributed by atoms with Crippen LogP contribution in [0.3, 0.4) is 0 Å². The molecule has 0 aliphatic carbocycles. The number of piperidine rings is 1. The Kier molecular flexibility index (Phi) is 6.17. The highest BCUT2D eigenvalue weighted by Gasteiger charge is 2.23. The summed E-state index contributed by atoms with van der Waals surface area (Å²) in [6, 6.07) is 16.3. The number of ether oxygens (including phenoxy) is 3. The van der Waals surface area contributed by atoms with Crippen LogP contribution in [0, 0.1) is 5.92 Å². The minimum atomic E-state index is 0.297. The summed E-state index contributed by atoms with van der Waals surface area (Å²) in [4.78, 5) is 2.45. The quantitative estimate of drug-likeness (QED) is 0.622. The molecule has 4 nitrogen and oxygen atoms in total. The second kappa shape index (κ2) is 8.96. The summed E-state index contributed by atoms with van der Waals surface area (Å²) in [6.07, 6.45) is 2.63. The number of benzene rings is 2. The molecule has 0 unspecified atom stereocenters. The number of hydrogen-bond acceptors (Lipinski definition) is 4. The first kappa shape index (κ1) is 18.6. The van der Waals surface area contributed by atoms with E-state index in [1.807, 2.05) is 24.3 Å². The summed E-state index contributed by atoms with van der Waals surface area (Å²) >= 11 is 5.91. The van der Waals surface area contributed by atoms with Crippen molar-refractivity contribution in [3.8, 4) is 5.75 Å². The van der Waals surface area contributed by atoms with Crippen LogP contribution in [0.15, 0.2) is 48.5 Å². The largest absolute Gasteiger partial charge is 0.491 e. The van der Waals surface area contributed by atoms with Crippen molar-refractivity contribution in [2.45, 2.75) is 25.6 Å². The van der Waals surface area contributed by atoms with E-state index in [4.69, 9.17) is 25.8 Å². The highest BCUT2D eigenvalue weighted by molar-refractivity contribution is 6.30. The number of rotatable bonds is 8. The van der Waals surface area contributed by atoms with E-state index >= 15 is 0 Å². The normalized spacial score (nSPS) is 19.9. The predicted octanol–water partition coefficient (Wildman–Crippen LogP) is 4.55. The molecule has 0 saturated carbocycles. The van der Waals surface area contributed by atoms with Crippen LogP contribution in [0.5, 0.6) is 5.75 Å². The molecule has 144 valence electrons. The molecule has 0 radical (unpaired) electrons. The second-order valence-electron chi connectivity index (χ2n) is 7.33. The van der Waals surface area contributed by atoms with Crippen LogP contribution in [0.25, 0.3) is 0 Å². The summed E-state index contributed by atoms with van der Waals surface area (Å²) in [5.74, 6) is 1.55. The molecule has 27 heavy (non-hydrogen) atoms. The van der Waals surface area contributed by atoms with Gasteiger partial charge in [0.25, 0.3) is 0 Å². The van der Waals surface area contributed by atoms with Gasteiger partial charge in [-0.1, -0.05) is 23.7 Å². The van der Waals surface area contributed by atoms with Crippen molar-refractivity contribution in [1.82, 2.24) is 0 Å². The van der Waals surface area contributed by atoms with Gasteiger partial charge in [-0.25, -0.2) is 0 Å². The summed E-state index contributed by atoms with van der Waals surface area (Å²) in [5.41, 5.74) is 2.44. The van der Waals surface area contributed by atoms with Crippen molar-refractivity contribution in [3.05, 3.63) is 59.1 Å². The maximum Gasteiger partial charge on any atom is 0.119 e. The van der Waals surface area contributed by atoms with E-state index in [1.54, 1.807) is 0 Å². The number of epoxide rings is 1. The molecule has 2 aliphatic rings. The summed E-state index contributed by atoms with van der Waals surface area (Å²) in [7, 11) is 0. The zero-order valence-electron chi connectivity index (χ0n) is 15.5. The Hall–Kier alpha value is -1.75. The third-order valence-electron chi connectivity index (χ3n) is 5.19. The van der Waals surface area contributed by atoms with Crippen molar-refractivity contribution in [3.63, 3.8) is 0 Å². The van der Waals surface area contributed by atoms with E-state index in [2.05, 4.69) is 29.2 Å². The molecule has 0 amide bonds. The van der Waals surface area contributed by atoms with Crippen molar-refractivity contribution < 1.29 is 14.2 Å². The number of halogens is 1. The third kappa shape index (κ3) is 5.61. The fraction of sp³-hybridized carbons (Fsp3) is 0.455. The summed E-state index contributed by atoms with van der Waals surface area (Å²) in [6.45, 7) is 5.12. The molecule has 0 N–H and O–H groups in total. The molecule has 1 atom stereocenters. The highest BCUT2D eigenvalue weighted by Crippen LogP contribution is 2.26. The number of hydrogen-bond donors (Lipinski definition) is 0. The van der Waals surface area contributed by atoms with Gasteiger partial charge >= 0.3 is 0 Å². The Balaban J connectivity index is 1.17. The minimum Gasteiger partial charge on any atom is -0.491 e. The van der Waals surface area contributed by atoms with Crippen LogP contribution in [0.4, 0.5) is 5.69 Å². The molecular formula is C22H26ClNO3. The first-order chi connectivity index (χ1) is 13.3. The maximum absolute atomic E-state index is 5.92. The lowest BCUT2D eigenvalue weighted by molar-refractivity contribution is 0.0786. The van der Waals surface area contributed by atoms with Crippen LogP contribution >= 0.6 is 11.6 Å². The van der Waals surface area contributed by atoms with Crippen LogP contribution in [0.2, 0.25) is 5.02 Å². The lowest BCUT2D eigenvalue weighted by Gasteiger charge is -2.33. The van der Waals surface area contributed by atoms with Crippen molar-refractivity contribution >= 4 is 17.3 Å². The van der Waals surface area contributed by atoms with Crippen molar-refractivity contribution in [2.24, 2.45) is 5.92 Å². The van der Waals surface area contributed by atoms with Gasteiger partial charge in [0, 0.05) is 30.4 Å². The molecule has 0 aromatic heterocycles. The molecule has 4 rings (SSSR count). The Morgan fingerprint density at radius 1 is 0.963 bits per heavy atom.